The van der Waals surface area contributed by atoms with Gasteiger partial charge in [-0.25, -0.2) is 4.79 Å². The number of rotatable bonds is 2. The average Bonchev–Trinajstić information content (AvgIpc) is 2.95. The van der Waals surface area contributed by atoms with Gasteiger partial charge >= 0.3 is 5.97 Å². The van der Waals surface area contributed by atoms with Crippen molar-refractivity contribution in [3.05, 3.63) is 18.0 Å². The highest BCUT2D eigenvalue weighted by Gasteiger charge is 2.40. The second-order valence-electron chi connectivity index (χ2n) is 3.86. The summed E-state index contributed by atoms with van der Waals surface area (Å²) >= 11 is 0. The van der Waals surface area contributed by atoms with Crippen LogP contribution in [0, 0.1) is 0 Å². The van der Waals surface area contributed by atoms with Crippen LogP contribution >= 0.6 is 0 Å². The molecule has 7 nitrogen and oxygen atoms in total. The maximum atomic E-state index is 12.0. The number of likely N-dealkylation sites (tertiary alicyclic amines) is 1. The molecule has 1 aromatic heterocycles. The molecular weight excluding hydrogens is 226 g/mol. The Kier molecular flexibility index (Phi) is 3.10. The van der Waals surface area contributed by atoms with Crippen LogP contribution < -0.4 is 0 Å². The number of nitrogens with one attached hydrogen (secondary N) is 1. The molecule has 1 fully saturated rings. The molecule has 0 bridgehead atoms. The number of H-pyrrole nitrogens is 1. The summed E-state index contributed by atoms with van der Waals surface area (Å²) in [5, 5.41) is 15.7. The smallest absolute Gasteiger partial charge is 0.328 e. The van der Waals surface area contributed by atoms with E-state index in [1.807, 2.05) is 0 Å². The van der Waals surface area contributed by atoms with E-state index in [1.165, 1.54) is 24.3 Å². The van der Waals surface area contributed by atoms with E-state index >= 15 is 0 Å². The summed E-state index contributed by atoms with van der Waals surface area (Å²) < 4.78 is 4.61. The van der Waals surface area contributed by atoms with E-state index in [9.17, 15) is 14.7 Å². The molecule has 1 saturated heterocycles. The molecule has 0 radical (unpaired) electrons. The minimum atomic E-state index is -0.731. The van der Waals surface area contributed by atoms with Crippen LogP contribution in [0.4, 0.5) is 0 Å². The van der Waals surface area contributed by atoms with Gasteiger partial charge in [-0.15, -0.1) is 0 Å². The van der Waals surface area contributed by atoms with Crippen LogP contribution in [0.2, 0.25) is 0 Å². The van der Waals surface area contributed by atoms with Gasteiger partial charge in [0.05, 0.1) is 13.2 Å². The van der Waals surface area contributed by atoms with Crippen LogP contribution in [0.15, 0.2) is 12.3 Å². The van der Waals surface area contributed by atoms with Crippen LogP contribution in [0.3, 0.4) is 0 Å². The number of amides is 1. The summed E-state index contributed by atoms with van der Waals surface area (Å²) in [7, 11) is 1.26. The van der Waals surface area contributed by atoms with Crippen LogP contribution in [0.5, 0.6) is 0 Å². The number of aliphatic hydroxyl groups is 1. The van der Waals surface area contributed by atoms with Crippen LogP contribution in [0.1, 0.15) is 16.9 Å². The molecule has 92 valence electrons. The number of nitrogens with zero attached hydrogens (tertiary/aromatic N) is 2. The molecule has 7 heteroatoms. The number of β-amino-alcohol motifs (C(OH)–C–C–N with tert-alkyl or cyclic N) is 1. The Hall–Kier alpha value is -1.89. The van der Waals surface area contributed by atoms with Gasteiger partial charge in [-0.2, -0.15) is 5.10 Å². The van der Waals surface area contributed by atoms with Gasteiger partial charge in [0, 0.05) is 19.2 Å². The lowest BCUT2D eigenvalue weighted by Crippen LogP contribution is -2.41. The van der Waals surface area contributed by atoms with E-state index in [-0.39, 0.29) is 24.6 Å². The Morgan fingerprint density at radius 3 is 3.00 bits per heavy atom. The third-order valence-corrected chi connectivity index (χ3v) is 2.74. The maximum Gasteiger partial charge on any atom is 0.328 e. The zero-order valence-electron chi connectivity index (χ0n) is 9.29. The van der Waals surface area contributed by atoms with Crippen molar-refractivity contribution >= 4 is 11.9 Å². The first-order valence-corrected chi connectivity index (χ1v) is 5.19. The van der Waals surface area contributed by atoms with Gasteiger partial charge in [-0.1, -0.05) is 0 Å². The summed E-state index contributed by atoms with van der Waals surface area (Å²) in [6.45, 7) is 0.123. The van der Waals surface area contributed by atoms with Crippen molar-refractivity contribution in [2.75, 3.05) is 13.7 Å². The summed E-state index contributed by atoms with van der Waals surface area (Å²) in [5.74, 6) is -0.885. The van der Waals surface area contributed by atoms with Crippen molar-refractivity contribution in [1.29, 1.82) is 0 Å². The molecule has 0 saturated carbocycles. The number of aromatic amines is 1. The normalized spacial score (nSPS) is 23.8. The minimum Gasteiger partial charge on any atom is -0.467 e. The van der Waals surface area contributed by atoms with Crippen molar-refractivity contribution in [3.63, 3.8) is 0 Å². The lowest BCUT2D eigenvalue weighted by molar-refractivity contribution is -0.145. The van der Waals surface area contributed by atoms with Gasteiger partial charge < -0.3 is 14.7 Å². The highest BCUT2D eigenvalue weighted by molar-refractivity contribution is 5.95. The molecule has 1 aliphatic heterocycles. The summed E-state index contributed by atoms with van der Waals surface area (Å²) in [4.78, 5) is 24.8. The van der Waals surface area contributed by atoms with Crippen molar-refractivity contribution in [3.8, 4) is 0 Å². The predicted molar refractivity (Wildman–Crippen MR) is 56.1 cm³/mol. The highest BCUT2D eigenvalue weighted by atomic mass is 16.5. The number of carbonyl (C=O) groups is 2. The van der Waals surface area contributed by atoms with E-state index in [0.29, 0.717) is 0 Å². The molecule has 1 aliphatic rings. The van der Waals surface area contributed by atoms with E-state index in [0.717, 1.165) is 0 Å². The monoisotopic (exact) mass is 239 g/mol. The molecule has 2 N–H and O–H groups in total. The molecule has 17 heavy (non-hydrogen) atoms. The van der Waals surface area contributed by atoms with Gasteiger partial charge in [0.1, 0.15) is 11.7 Å². The largest absolute Gasteiger partial charge is 0.467 e. The second kappa shape index (κ2) is 4.54. The van der Waals surface area contributed by atoms with Crippen molar-refractivity contribution < 1.29 is 19.4 Å². The van der Waals surface area contributed by atoms with Gasteiger partial charge in [-0.05, 0) is 6.07 Å². The Balaban J connectivity index is 2.18. The van der Waals surface area contributed by atoms with Crippen LogP contribution in [-0.2, 0) is 9.53 Å². The predicted octanol–water partition coefficient (Wildman–Crippen LogP) is -0.842. The van der Waals surface area contributed by atoms with E-state index in [1.54, 1.807) is 0 Å². The lowest BCUT2D eigenvalue weighted by Gasteiger charge is -2.21. The van der Waals surface area contributed by atoms with E-state index in [2.05, 4.69) is 14.9 Å². The SMILES string of the molecule is COC(=O)C1CC(O)CN1C(=O)c1ccn[nH]1. The molecule has 0 spiro atoms. The van der Waals surface area contributed by atoms with Gasteiger partial charge in [0.15, 0.2) is 0 Å². The lowest BCUT2D eigenvalue weighted by atomic mass is 10.2. The molecule has 2 atom stereocenters. The van der Waals surface area contributed by atoms with Gasteiger partial charge in [0.25, 0.3) is 5.91 Å². The van der Waals surface area contributed by atoms with Gasteiger partial charge in [0.2, 0.25) is 0 Å². The number of esters is 1. The number of methoxy groups -OCH3 is 1. The number of hydrogen-bond acceptors (Lipinski definition) is 5. The van der Waals surface area contributed by atoms with E-state index in [4.69, 9.17) is 0 Å². The third-order valence-electron chi connectivity index (χ3n) is 2.74. The van der Waals surface area contributed by atoms with Gasteiger partial charge in [-0.3, -0.25) is 9.89 Å². The summed E-state index contributed by atoms with van der Waals surface area (Å²) in [6.07, 6.45) is 0.949. The minimum absolute atomic E-state index is 0.123. The topological polar surface area (TPSA) is 95.5 Å². The molecule has 1 aromatic rings. The standard InChI is InChI=1S/C10H13N3O4/c1-17-10(16)8-4-6(14)5-13(8)9(15)7-2-3-11-12-7/h2-3,6,8,14H,4-5H2,1H3,(H,11,12). The van der Waals surface area contributed by atoms with Crippen LogP contribution in [0.25, 0.3) is 0 Å². The Bertz CT molecular complexity index is 417. The fourth-order valence-corrected chi connectivity index (χ4v) is 1.93. The highest BCUT2D eigenvalue weighted by Crippen LogP contribution is 2.20. The average molecular weight is 239 g/mol. The van der Waals surface area contributed by atoms with E-state index < -0.39 is 18.1 Å². The number of ether oxygens (including phenoxy) is 1. The van der Waals surface area contributed by atoms with Crippen LogP contribution in [-0.4, -0.2) is 57.9 Å². The van der Waals surface area contributed by atoms with Crippen molar-refractivity contribution in [2.24, 2.45) is 0 Å². The molecule has 2 heterocycles. The van der Waals surface area contributed by atoms with Crippen molar-refractivity contribution in [1.82, 2.24) is 15.1 Å². The zero-order chi connectivity index (χ0) is 12.4. The fraction of sp³-hybridized carbons (Fsp3) is 0.500. The molecule has 0 aromatic carbocycles. The first-order chi connectivity index (χ1) is 8.13. The number of hydrogen-bond donors (Lipinski definition) is 2. The summed E-state index contributed by atoms with van der Waals surface area (Å²) in [6, 6.07) is 0.785. The Morgan fingerprint density at radius 2 is 2.41 bits per heavy atom. The number of aromatic nitrogens is 2. The summed E-state index contributed by atoms with van der Waals surface area (Å²) in [5.41, 5.74) is 0.285. The molecule has 2 rings (SSSR count). The maximum absolute atomic E-state index is 12.0. The Labute approximate surface area is 97.4 Å². The first-order valence-electron chi connectivity index (χ1n) is 5.19. The third kappa shape index (κ3) is 2.14. The Morgan fingerprint density at radius 1 is 1.65 bits per heavy atom. The molecule has 0 aliphatic carbocycles. The molecule has 2 unspecified atom stereocenters. The second-order valence-corrected chi connectivity index (χ2v) is 3.86. The number of aliphatic hydroxyl groups excluding tert-OH is 1. The fourth-order valence-electron chi connectivity index (χ4n) is 1.93. The zero-order valence-corrected chi connectivity index (χ0v) is 9.29. The first kappa shape index (κ1) is 11.6. The van der Waals surface area contributed by atoms with Crippen molar-refractivity contribution in [2.45, 2.75) is 18.6 Å². The quantitative estimate of drug-likeness (QED) is 0.656. The molecular formula is C10H13N3O4. The number of carbonyl (C=O) groups excluding carboxylic acids is 2. The molecule has 1 amide bonds.